The zero-order chi connectivity index (χ0) is 20.4. The van der Waals surface area contributed by atoms with Crippen molar-refractivity contribution >= 4 is 34.4 Å². The number of oxazole rings is 1. The van der Waals surface area contributed by atoms with Crippen molar-refractivity contribution in [2.24, 2.45) is 0 Å². The Kier molecular flexibility index (Phi) is 4.94. The SMILES string of the molecule is Cc1ccc(NC(=O)NC(=O)Cn2c(=O)oc3ccc([N+](=O)[O-])cc32)cc1C. The van der Waals surface area contributed by atoms with Gasteiger partial charge in [-0.05, 0) is 43.2 Å². The molecule has 1 heterocycles. The number of carbonyl (C=O) groups is 2. The van der Waals surface area contributed by atoms with Crippen molar-refractivity contribution in [2.45, 2.75) is 20.4 Å². The highest BCUT2D eigenvalue weighted by molar-refractivity contribution is 6.01. The monoisotopic (exact) mass is 384 g/mol. The summed E-state index contributed by atoms with van der Waals surface area (Å²) in [5, 5.41) is 15.5. The van der Waals surface area contributed by atoms with Crippen molar-refractivity contribution < 1.29 is 18.9 Å². The molecule has 28 heavy (non-hydrogen) atoms. The Morgan fingerprint density at radius 3 is 2.57 bits per heavy atom. The maximum atomic E-state index is 12.1. The van der Waals surface area contributed by atoms with Crippen LogP contribution in [-0.2, 0) is 11.3 Å². The molecule has 0 fully saturated rings. The number of carbonyl (C=O) groups excluding carboxylic acids is 2. The average Bonchev–Trinajstić information content (AvgIpc) is 2.92. The maximum Gasteiger partial charge on any atom is 0.420 e. The second kappa shape index (κ2) is 7.35. The number of nitrogens with zero attached hydrogens (tertiary/aromatic N) is 2. The molecule has 2 aromatic carbocycles. The third-order valence-electron chi connectivity index (χ3n) is 4.18. The number of hydrogen-bond acceptors (Lipinski definition) is 6. The van der Waals surface area contributed by atoms with Crippen LogP contribution in [0.1, 0.15) is 11.1 Å². The summed E-state index contributed by atoms with van der Waals surface area (Å²) in [5.41, 5.74) is 2.47. The van der Waals surface area contributed by atoms with Gasteiger partial charge >= 0.3 is 11.8 Å². The number of non-ortho nitro benzene ring substituents is 1. The summed E-state index contributed by atoms with van der Waals surface area (Å²) in [6, 6.07) is 8.11. The number of benzene rings is 2. The minimum atomic E-state index is -0.861. The van der Waals surface area contributed by atoms with Crippen LogP contribution in [-0.4, -0.2) is 21.4 Å². The fourth-order valence-electron chi connectivity index (χ4n) is 2.61. The summed E-state index contributed by atoms with van der Waals surface area (Å²) in [6.07, 6.45) is 0. The predicted molar refractivity (Wildman–Crippen MR) is 100 cm³/mol. The van der Waals surface area contributed by atoms with Gasteiger partial charge in [0.25, 0.3) is 5.69 Å². The number of nitro groups is 1. The Morgan fingerprint density at radius 2 is 1.89 bits per heavy atom. The van der Waals surface area contributed by atoms with Crippen LogP contribution in [0.5, 0.6) is 0 Å². The first-order valence-electron chi connectivity index (χ1n) is 8.20. The fourth-order valence-corrected chi connectivity index (χ4v) is 2.61. The molecular formula is C18H16N4O6. The highest BCUT2D eigenvalue weighted by Gasteiger charge is 2.17. The Balaban J connectivity index is 1.73. The zero-order valence-corrected chi connectivity index (χ0v) is 15.0. The minimum Gasteiger partial charge on any atom is -0.408 e. The van der Waals surface area contributed by atoms with E-state index in [9.17, 15) is 24.5 Å². The van der Waals surface area contributed by atoms with Crippen molar-refractivity contribution in [2.75, 3.05) is 5.32 Å². The molecule has 3 rings (SSSR count). The first kappa shape index (κ1) is 18.8. The van der Waals surface area contributed by atoms with Crippen molar-refractivity contribution in [3.05, 3.63) is 68.2 Å². The molecule has 10 heteroatoms. The van der Waals surface area contributed by atoms with E-state index in [-0.39, 0.29) is 16.8 Å². The number of fused-ring (bicyclic) bond motifs is 1. The van der Waals surface area contributed by atoms with Gasteiger partial charge in [0, 0.05) is 17.8 Å². The number of aryl methyl sites for hydroxylation is 2. The number of rotatable bonds is 4. The van der Waals surface area contributed by atoms with Crippen molar-refractivity contribution in [3.8, 4) is 0 Å². The molecule has 1 aromatic heterocycles. The van der Waals surface area contributed by atoms with E-state index in [2.05, 4.69) is 10.6 Å². The van der Waals surface area contributed by atoms with Gasteiger partial charge in [0.1, 0.15) is 6.54 Å². The molecule has 0 atom stereocenters. The van der Waals surface area contributed by atoms with Gasteiger partial charge in [-0.25, -0.2) is 9.59 Å². The molecule has 10 nitrogen and oxygen atoms in total. The van der Waals surface area contributed by atoms with E-state index in [0.717, 1.165) is 21.8 Å². The molecule has 0 saturated heterocycles. The van der Waals surface area contributed by atoms with Crippen LogP contribution in [0.3, 0.4) is 0 Å². The lowest BCUT2D eigenvalue weighted by molar-refractivity contribution is -0.384. The van der Waals surface area contributed by atoms with Crippen LogP contribution < -0.4 is 16.4 Å². The summed E-state index contributed by atoms with van der Waals surface area (Å²) in [5.74, 6) is -1.64. The van der Waals surface area contributed by atoms with Crippen molar-refractivity contribution in [3.63, 3.8) is 0 Å². The largest absolute Gasteiger partial charge is 0.420 e. The number of imide groups is 1. The van der Waals surface area contributed by atoms with Gasteiger partial charge in [-0.2, -0.15) is 0 Å². The van der Waals surface area contributed by atoms with Crippen LogP contribution in [0.4, 0.5) is 16.2 Å². The average molecular weight is 384 g/mol. The highest BCUT2D eigenvalue weighted by atomic mass is 16.6. The second-order valence-corrected chi connectivity index (χ2v) is 6.16. The summed E-state index contributed by atoms with van der Waals surface area (Å²) >= 11 is 0. The molecule has 0 aliphatic rings. The maximum absolute atomic E-state index is 12.1. The molecule has 3 amide bonds. The number of anilines is 1. The number of amides is 3. The Labute approximate surface area is 157 Å². The fraction of sp³-hybridized carbons (Fsp3) is 0.167. The summed E-state index contributed by atoms with van der Waals surface area (Å²) in [6.45, 7) is 3.28. The Hall–Kier alpha value is -3.95. The smallest absolute Gasteiger partial charge is 0.408 e. The van der Waals surface area contributed by atoms with Crippen LogP contribution in [0, 0.1) is 24.0 Å². The van der Waals surface area contributed by atoms with Gasteiger partial charge in [0.15, 0.2) is 5.58 Å². The van der Waals surface area contributed by atoms with E-state index in [1.807, 2.05) is 19.9 Å². The summed E-state index contributed by atoms with van der Waals surface area (Å²) in [4.78, 5) is 46.4. The standard InChI is InChI=1S/C18H16N4O6/c1-10-3-4-12(7-11(10)2)19-17(24)20-16(23)9-21-14-8-13(22(26)27)5-6-15(14)28-18(21)25/h3-8H,9H2,1-2H3,(H2,19,20,23,24). The van der Waals surface area contributed by atoms with Crippen LogP contribution in [0.2, 0.25) is 0 Å². The molecule has 0 bridgehead atoms. The Morgan fingerprint density at radius 1 is 1.14 bits per heavy atom. The second-order valence-electron chi connectivity index (χ2n) is 6.16. The van der Waals surface area contributed by atoms with Gasteiger partial charge in [0.05, 0.1) is 10.4 Å². The molecular weight excluding hydrogens is 368 g/mol. The molecule has 3 aromatic rings. The van der Waals surface area contributed by atoms with E-state index in [1.54, 1.807) is 12.1 Å². The van der Waals surface area contributed by atoms with E-state index in [4.69, 9.17) is 4.42 Å². The number of aromatic nitrogens is 1. The molecule has 144 valence electrons. The molecule has 0 spiro atoms. The number of hydrogen-bond donors (Lipinski definition) is 2. The van der Waals surface area contributed by atoms with Gasteiger partial charge in [-0.15, -0.1) is 0 Å². The third-order valence-corrected chi connectivity index (χ3v) is 4.18. The molecule has 0 radical (unpaired) electrons. The van der Waals surface area contributed by atoms with E-state index >= 15 is 0 Å². The molecule has 0 unspecified atom stereocenters. The van der Waals surface area contributed by atoms with Gasteiger partial charge in [-0.1, -0.05) is 6.07 Å². The van der Waals surface area contributed by atoms with Gasteiger partial charge in [-0.3, -0.25) is 24.8 Å². The topological polar surface area (TPSA) is 136 Å². The van der Waals surface area contributed by atoms with Gasteiger partial charge < -0.3 is 9.73 Å². The molecule has 0 aliphatic heterocycles. The lowest BCUT2D eigenvalue weighted by Gasteiger charge is -2.09. The predicted octanol–water partition coefficient (Wildman–Crippen LogP) is 2.47. The lowest BCUT2D eigenvalue weighted by Crippen LogP contribution is -2.37. The molecule has 2 N–H and O–H groups in total. The first-order valence-corrected chi connectivity index (χ1v) is 8.20. The lowest BCUT2D eigenvalue weighted by atomic mass is 10.1. The summed E-state index contributed by atoms with van der Waals surface area (Å²) in [7, 11) is 0. The Bertz CT molecular complexity index is 1160. The van der Waals surface area contributed by atoms with Crippen LogP contribution in [0.25, 0.3) is 11.1 Å². The van der Waals surface area contributed by atoms with E-state index in [0.29, 0.717) is 5.69 Å². The minimum absolute atomic E-state index is 0.0870. The van der Waals surface area contributed by atoms with Crippen molar-refractivity contribution in [1.29, 1.82) is 0 Å². The van der Waals surface area contributed by atoms with Gasteiger partial charge in [0.2, 0.25) is 5.91 Å². The zero-order valence-electron chi connectivity index (χ0n) is 15.0. The van der Waals surface area contributed by atoms with Crippen LogP contribution in [0.15, 0.2) is 45.6 Å². The molecule has 0 saturated carbocycles. The first-order chi connectivity index (χ1) is 13.2. The quantitative estimate of drug-likeness (QED) is 0.524. The third kappa shape index (κ3) is 3.90. The van der Waals surface area contributed by atoms with Crippen LogP contribution >= 0.6 is 0 Å². The number of urea groups is 1. The van der Waals surface area contributed by atoms with E-state index < -0.39 is 29.2 Å². The van der Waals surface area contributed by atoms with Crippen molar-refractivity contribution in [1.82, 2.24) is 9.88 Å². The molecule has 0 aliphatic carbocycles. The number of nitro benzene ring substituents is 1. The summed E-state index contributed by atoms with van der Waals surface area (Å²) < 4.78 is 5.88. The normalized spacial score (nSPS) is 10.6. The van der Waals surface area contributed by atoms with E-state index in [1.165, 1.54) is 12.1 Å². The number of nitrogens with one attached hydrogen (secondary N) is 2. The highest BCUT2D eigenvalue weighted by Crippen LogP contribution is 2.20.